The van der Waals surface area contributed by atoms with Gasteiger partial charge in [0.15, 0.2) is 11.6 Å². The van der Waals surface area contributed by atoms with Gasteiger partial charge in [0.2, 0.25) is 10.0 Å². The van der Waals surface area contributed by atoms with Crippen molar-refractivity contribution in [3.8, 4) is 0 Å². The minimum atomic E-state index is -4.13. The molecule has 0 amide bonds. The molecule has 118 valence electrons. The minimum Gasteiger partial charge on any atom is -0.399 e. The molecule has 0 heterocycles. The Morgan fingerprint density at radius 1 is 1.33 bits per heavy atom. The molecule has 2 rings (SSSR count). The van der Waals surface area contributed by atoms with E-state index in [9.17, 15) is 17.2 Å². The molecule has 0 radical (unpaired) electrons. The molecule has 4 nitrogen and oxygen atoms in total. The minimum absolute atomic E-state index is 0.130. The van der Waals surface area contributed by atoms with Gasteiger partial charge in [-0.15, -0.1) is 0 Å². The number of nitrogens with two attached hydrogens (primary N) is 1. The van der Waals surface area contributed by atoms with Crippen molar-refractivity contribution < 1.29 is 17.2 Å². The lowest BCUT2D eigenvalue weighted by atomic mass is 10.1. The highest BCUT2D eigenvalue weighted by Gasteiger charge is 2.35. The van der Waals surface area contributed by atoms with Gasteiger partial charge >= 0.3 is 0 Å². The van der Waals surface area contributed by atoms with Gasteiger partial charge in [0.1, 0.15) is 4.90 Å². The SMILES string of the molecule is CSC1(CNS(=O)(=O)c2cc(N)cc(F)c2F)CCCC1. The first-order valence-corrected chi connectivity index (χ1v) is 9.30. The van der Waals surface area contributed by atoms with Gasteiger partial charge in [-0.2, -0.15) is 11.8 Å². The molecule has 1 saturated carbocycles. The highest BCUT2D eigenvalue weighted by molar-refractivity contribution is 8.00. The van der Waals surface area contributed by atoms with E-state index in [0.717, 1.165) is 37.8 Å². The van der Waals surface area contributed by atoms with Crippen LogP contribution >= 0.6 is 11.8 Å². The number of hydrogen-bond donors (Lipinski definition) is 2. The molecule has 1 aliphatic carbocycles. The van der Waals surface area contributed by atoms with Gasteiger partial charge in [-0.05, 0) is 31.2 Å². The Hall–Kier alpha value is -0.860. The Labute approximate surface area is 127 Å². The Morgan fingerprint density at radius 2 is 1.95 bits per heavy atom. The number of nitrogen functional groups attached to an aromatic ring is 1. The van der Waals surface area contributed by atoms with E-state index in [0.29, 0.717) is 0 Å². The molecular weight excluding hydrogens is 318 g/mol. The molecule has 1 aliphatic rings. The van der Waals surface area contributed by atoms with Gasteiger partial charge < -0.3 is 5.73 Å². The maximum Gasteiger partial charge on any atom is 0.243 e. The summed E-state index contributed by atoms with van der Waals surface area (Å²) >= 11 is 1.61. The number of nitrogens with one attached hydrogen (secondary N) is 1. The number of anilines is 1. The smallest absolute Gasteiger partial charge is 0.243 e. The molecule has 0 bridgehead atoms. The average Bonchev–Trinajstić information content (AvgIpc) is 2.90. The number of benzene rings is 1. The maximum atomic E-state index is 13.7. The van der Waals surface area contributed by atoms with Crippen LogP contribution in [-0.2, 0) is 10.0 Å². The summed E-state index contributed by atoms with van der Waals surface area (Å²) in [6.07, 6.45) is 5.84. The summed E-state index contributed by atoms with van der Waals surface area (Å²) in [5, 5.41) is 0. The fourth-order valence-electron chi connectivity index (χ4n) is 2.56. The van der Waals surface area contributed by atoms with Gasteiger partial charge in [0, 0.05) is 17.0 Å². The summed E-state index contributed by atoms with van der Waals surface area (Å²) in [5.41, 5.74) is 5.26. The third-order valence-electron chi connectivity index (χ3n) is 3.84. The fraction of sp³-hybridized carbons (Fsp3) is 0.538. The molecule has 0 saturated heterocycles. The van der Waals surface area contributed by atoms with E-state index < -0.39 is 26.6 Å². The van der Waals surface area contributed by atoms with Crippen LogP contribution in [0.2, 0.25) is 0 Å². The van der Waals surface area contributed by atoms with Gasteiger partial charge in [0.25, 0.3) is 0 Å². The van der Waals surface area contributed by atoms with Crippen molar-refractivity contribution >= 4 is 27.5 Å². The van der Waals surface area contributed by atoms with E-state index in [1.807, 2.05) is 6.26 Å². The molecule has 1 aromatic rings. The summed E-state index contributed by atoms with van der Waals surface area (Å²) in [5.74, 6) is -2.67. The summed E-state index contributed by atoms with van der Waals surface area (Å²) in [6.45, 7) is 0.201. The lowest BCUT2D eigenvalue weighted by molar-refractivity contribution is 0.482. The first-order chi connectivity index (χ1) is 9.80. The van der Waals surface area contributed by atoms with Crippen LogP contribution in [0.15, 0.2) is 17.0 Å². The topological polar surface area (TPSA) is 72.2 Å². The molecule has 0 aliphatic heterocycles. The second-order valence-electron chi connectivity index (χ2n) is 5.23. The van der Waals surface area contributed by atoms with Crippen LogP contribution in [0.4, 0.5) is 14.5 Å². The van der Waals surface area contributed by atoms with Crippen molar-refractivity contribution in [2.45, 2.75) is 35.3 Å². The van der Waals surface area contributed by atoms with Crippen molar-refractivity contribution in [1.29, 1.82) is 0 Å². The van der Waals surface area contributed by atoms with Crippen molar-refractivity contribution in [3.63, 3.8) is 0 Å². The van der Waals surface area contributed by atoms with Gasteiger partial charge in [-0.25, -0.2) is 21.9 Å². The lowest BCUT2D eigenvalue weighted by Gasteiger charge is -2.26. The highest BCUT2D eigenvalue weighted by Crippen LogP contribution is 2.39. The third-order valence-corrected chi connectivity index (χ3v) is 6.66. The standard InChI is InChI=1S/C13H18F2N2O2S2/c1-20-13(4-2-3-5-13)8-17-21(18,19)11-7-9(16)6-10(14)12(11)15/h6-7,17H,2-5,8,16H2,1H3. The molecule has 0 unspecified atom stereocenters. The summed E-state index contributed by atoms with van der Waals surface area (Å²) in [4.78, 5) is -0.741. The molecule has 0 aromatic heterocycles. The van der Waals surface area contributed by atoms with Crippen LogP contribution < -0.4 is 10.5 Å². The molecule has 21 heavy (non-hydrogen) atoms. The van der Waals surface area contributed by atoms with Gasteiger partial charge in [-0.3, -0.25) is 0 Å². The third kappa shape index (κ3) is 3.49. The largest absolute Gasteiger partial charge is 0.399 e. The molecule has 1 fully saturated rings. The lowest BCUT2D eigenvalue weighted by Crippen LogP contribution is -2.38. The Morgan fingerprint density at radius 3 is 2.52 bits per heavy atom. The Balaban J connectivity index is 2.23. The first-order valence-electron chi connectivity index (χ1n) is 6.59. The summed E-state index contributed by atoms with van der Waals surface area (Å²) in [6, 6.07) is 1.69. The number of halogens is 2. The second-order valence-corrected chi connectivity index (χ2v) is 8.24. The van der Waals surface area contributed by atoms with Crippen molar-refractivity contribution in [3.05, 3.63) is 23.8 Å². The monoisotopic (exact) mass is 336 g/mol. The summed E-state index contributed by atoms with van der Waals surface area (Å²) < 4.78 is 53.6. The fourth-order valence-corrected chi connectivity index (χ4v) is 4.81. The van der Waals surface area contributed by atoms with Crippen LogP contribution in [-0.4, -0.2) is 26.0 Å². The van der Waals surface area contributed by atoms with Crippen molar-refractivity contribution in [2.24, 2.45) is 0 Å². The first kappa shape index (κ1) is 16.5. The number of thioether (sulfide) groups is 1. The molecule has 0 spiro atoms. The van der Waals surface area contributed by atoms with E-state index in [2.05, 4.69) is 4.72 Å². The van der Waals surface area contributed by atoms with Gasteiger partial charge in [0.05, 0.1) is 0 Å². The van der Waals surface area contributed by atoms with Crippen molar-refractivity contribution in [2.75, 3.05) is 18.5 Å². The van der Waals surface area contributed by atoms with E-state index in [-0.39, 0.29) is 17.0 Å². The van der Waals surface area contributed by atoms with E-state index in [1.54, 1.807) is 11.8 Å². The van der Waals surface area contributed by atoms with Gasteiger partial charge in [-0.1, -0.05) is 12.8 Å². The zero-order chi connectivity index (χ0) is 15.7. The average molecular weight is 336 g/mol. The number of rotatable bonds is 5. The van der Waals surface area contributed by atoms with E-state index in [1.165, 1.54) is 0 Å². The molecule has 3 N–H and O–H groups in total. The van der Waals surface area contributed by atoms with Crippen LogP contribution in [0, 0.1) is 11.6 Å². The molecular formula is C13H18F2N2O2S2. The normalized spacial score (nSPS) is 18.0. The molecule has 0 atom stereocenters. The quantitative estimate of drug-likeness (QED) is 0.811. The highest BCUT2D eigenvalue weighted by atomic mass is 32.2. The zero-order valence-corrected chi connectivity index (χ0v) is 13.3. The maximum absolute atomic E-state index is 13.7. The van der Waals surface area contributed by atoms with E-state index in [4.69, 9.17) is 5.73 Å². The number of hydrogen-bond acceptors (Lipinski definition) is 4. The number of sulfonamides is 1. The Kier molecular flexibility index (Phi) is 4.79. The van der Waals surface area contributed by atoms with Crippen LogP contribution in [0.25, 0.3) is 0 Å². The molecule has 8 heteroatoms. The van der Waals surface area contributed by atoms with Crippen LogP contribution in [0.1, 0.15) is 25.7 Å². The Bertz CT molecular complexity index is 629. The predicted molar refractivity (Wildman–Crippen MR) is 80.7 cm³/mol. The van der Waals surface area contributed by atoms with Crippen LogP contribution in [0.3, 0.4) is 0 Å². The zero-order valence-electron chi connectivity index (χ0n) is 11.7. The molecule has 1 aromatic carbocycles. The van der Waals surface area contributed by atoms with Crippen molar-refractivity contribution in [1.82, 2.24) is 4.72 Å². The van der Waals surface area contributed by atoms with Crippen LogP contribution in [0.5, 0.6) is 0 Å². The second kappa shape index (κ2) is 6.10. The van der Waals surface area contributed by atoms with E-state index >= 15 is 0 Å². The summed E-state index contributed by atoms with van der Waals surface area (Å²) in [7, 11) is -4.13. The predicted octanol–water partition coefficient (Wildman–Crippen LogP) is 2.50.